The van der Waals surface area contributed by atoms with Gasteiger partial charge in [0.15, 0.2) is 0 Å². The van der Waals surface area contributed by atoms with E-state index in [0.717, 1.165) is 18.5 Å². The van der Waals surface area contributed by atoms with Crippen LogP contribution in [-0.4, -0.2) is 18.6 Å². The van der Waals surface area contributed by atoms with Gasteiger partial charge in [-0.3, -0.25) is 0 Å². The van der Waals surface area contributed by atoms with Crippen molar-refractivity contribution in [1.29, 1.82) is 0 Å². The Morgan fingerprint density at radius 3 is 2.43 bits per heavy atom. The second-order valence-corrected chi connectivity index (χ2v) is 7.26. The summed E-state index contributed by atoms with van der Waals surface area (Å²) in [5.41, 5.74) is 4.27. The zero-order valence-corrected chi connectivity index (χ0v) is 14.4. The summed E-state index contributed by atoms with van der Waals surface area (Å²) in [6, 6.07) is 8.32. The third-order valence-corrected chi connectivity index (χ3v) is 4.22. The van der Waals surface area contributed by atoms with E-state index in [9.17, 15) is 0 Å². The molecule has 1 saturated carbocycles. The average molecular weight is 288 g/mol. The topological polar surface area (TPSA) is 15.3 Å². The van der Waals surface area contributed by atoms with Gasteiger partial charge in [-0.2, -0.15) is 0 Å². The van der Waals surface area contributed by atoms with Crippen molar-refractivity contribution in [2.45, 2.75) is 72.5 Å². The van der Waals surface area contributed by atoms with Crippen molar-refractivity contribution in [3.8, 4) is 0 Å². The highest BCUT2D eigenvalue weighted by Gasteiger charge is 2.29. The molecule has 1 aliphatic rings. The first kappa shape index (κ1) is 16.4. The summed E-state index contributed by atoms with van der Waals surface area (Å²) in [5, 5.41) is 3.50. The average Bonchev–Trinajstić information content (AvgIpc) is 3.22. The van der Waals surface area contributed by atoms with Gasteiger partial charge in [0.05, 0.1) is 0 Å². The lowest BCUT2D eigenvalue weighted by atomic mass is 10.1. The molecule has 21 heavy (non-hydrogen) atoms. The highest BCUT2D eigenvalue weighted by molar-refractivity contribution is 5.56. The Kier molecular flexibility index (Phi) is 5.69. The Morgan fingerprint density at radius 2 is 1.90 bits per heavy atom. The Morgan fingerprint density at radius 1 is 1.19 bits per heavy atom. The van der Waals surface area contributed by atoms with Crippen molar-refractivity contribution >= 4 is 5.69 Å². The predicted molar refractivity (Wildman–Crippen MR) is 93.0 cm³/mol. The fraction of sp³-hybridized carbons (Fsp3) is 0.684. The molecule has 0 atom stereocenters. The van der Waals surface area contributed by atoms with Crippen LogP contribution >= 0.6 is 0 Å². The van der Waals surface area contributed by atoms with Crippen molar-refractivity contribution in [2.24, 2.45) is 5.92 Å². The molecule has 0 unspecified atom stereocenters. The van der Waals surface area contributed by atoms with Crippen LogP contribution in [0.4, 0.5) is 5.69 Å². The van der Waals surface area contributed by atoms with Gasteiger partial charge >= 0.3 is 0 Å². The Bertz CT molecular complexity index is 447. The molecule has 1 fully saturated rings. The SMILES string of the molecule is Cc1cc(CNC(C)C)ccc1N(CCC(C)C)C1CC1. The molecule has 2 nitrogen and oxygen atoms in total. The highest BCUT2D eigenvalue weighted by Crippen LogP contribution is 2.34. The second-order valence-electron chi connectivity index (χ2n) is 7.26. The molecule has 0 radical (unpaired) electrons. The van der Waals surface area contributed by atoms with Gasteiger partial charge in [0.1, 0.15) is 0 Å². The molecule has 0 bridgehead atoms. The first-order valence-corrected chi connectivity index (χ1v) is 8.57. The van der Waals surface area contributed by atoms with Crippen LogP contribution in [0, 0.1) is 12.8 Å². The number of hydrogen-bond donors (Lipinski definition) is 1. The van der Waals surface area contributed by atoms with E-state index in [0.29, 0.717) is 6.04 Å². The van der Waals surface area contributed by atoms with Gasteiger partial charge in [0.25, 0.3) is 0 Å². The van der Waals surface area contributed by atoms with Gasteiger partial charge in [-0.25, -0.2) is 0 Å². The summed E-state index contributed by atoms with van der Waals surface area (Å²) < 4.78 is 0. The second kappa shape index (κ2) is 7.31. The maximum absolute atomic E-state index is 3.50. The normalized spacial score (nSPS) is 15.0. The van der Waals surface area contributed by atoms with E-state index in [2.05, 4.69) is 63.0 Å². The smallest absolute Gasteiger partial charge is 0.0398 e. The fourth-order valence-corrected chi connectivity index (χ4v) is 2.75. The number of benzene rings is 1. The molecule has 1 N–H and O–H groups in total. The largest absolute Gasteiger partial charge is 0.368 e. The first-order chi connectivity index (χ1) is 9.97. The van der Waals surface area contributed by atoms with Crippen molar-refractivity contribution < 1.29 is 0 Å². The van der Waals surface area contributed by atoms with Crippen molar-refractivity contribution in [3.63, 3.8) is 0 Å². The molecular weight excluding hydrogens is 256 g/mol. The minimum atomic E-state index is 0.541. The Labute approximate surface area is 130 Å². The van der Waals surface area contributed by atoms with Gasteiger partial charge in [0, 0.05) is 30.9 Å². The molecule has 2 rings (SSSR count). The van der Waals surface area contributed by atoms with E-state index >= 15 is 0 Å². The molecule has 0 saturated heterocycles. The van der Waals surface area contributed by atoms with Crippen LogP contribution in [0.2, 0.25) is 0 Å². The maximum Gasteiger partial charge on any atom is 0.0398 e. The molecule has 118 valence electrons. The van der Waals surface area contributed by atoms with E-state index in [-0.39, 0.29) is 0 Å². The molecule has 0 aliphatic heterocycles. The summed E-state index contributed by atoms with van der Waals surface area (Å²) in [6.45, 7) is 13.5. The highest BCUT2D eigenvalue weighted by atomic mass is 15.2. The third-order valence-electron chi connectivity index (χ3n) is 4.22. The molecule has 1 aliphatic carbocycles. The van der Waals surface area contributed by atoms with Gasteiger partial charge < -0.3 is 10.2 Å². The van der Waals surface area contributed by atoms with Gasteiger partial charge in [-0.1, -0.05) is 39.8 Å². The zero-order chi connectivity index (χ0) is 15.4. The molecule has 0 spiro atoms. The molecule has 2 heteroatoms. The molecule has 0 aromatic heterocycles. The number of hydrogen-bond acceptors (Lipinski definition) is 2. The minimum absolute atomic E-state index is 0.541. The molecular formula is C19H32N2. The van der Waals surface area contributed by atoms with E-state index in [1.54, 1.807) is 0 Å². The van der Waals surface area contributed by atoms with Gasteiger partial charge in [-0.05, 0) is 49.3 Å². The number of nitrogens with zero attached hydrogens (tertiary/aromatic N) is 1. The quantitative estimate of drug-likeness (QED) is 0.757. The first-order valence-electron chi connectivity index (χ1n) is 8.57. The monoisotopic (exact) mass is 288 g/mol. The maximum atomic E-state index is 3.50. The van der Waals surface area contributed by atoms with E-state index < -0.39 is 0 Å². The summed E-state index contributed by atoms with van der Waals surface area (Å²) in [7, 11) is 0. The van der Waals surface area contributed by atoms with Gasteiger partial charge in [0.2, 0.25) is 0 Å². The number of nitrogens with one attached hydrogen (secondary N) is 1. The lowest BCUT2D eigenvalue weighted by Crippen LogP contribution is -2.28. The lowest BCUT2D eigenvalue weighted by Gasteiger charge is -2.27. The van der Waals surface area contributed by atoms with Crippen LogP contribution in [0.3, 0.4) is 0 Å². The van der Waals surface area contributed by atoms with E-state index in [4.69, 9.17) is 0 Å². The van der Waals surface area contributed by atoms with Crippen molar-refractivity contribution in [2.75, 3.05) is 11.4 Å². The third kappa shape index (κ3) is 5.03. The van der Waals surface area contributed by atoms with Crippen LogP contribution in [0.1, 0.15) is 58.1 Å². The van der Waals surface area contributed by atoms with E-state index in [1.807, 2.05) is 0 Å². The van der Waals surface area contributed by atoms with E-state index in [1.165, 1.54) is 42.6 Å². The Balaban J connectivity index is 2.06. The van der Waals surface area contributed by atoms with Gasteiger partial charge in [-0.15, -0.1) is 0 Å². The van der Waals surface area contributed by atoms with Crippen molar-refractivity contribution in [3.05, 3.63) is 29.3 Å². The number of anilines is 1. The van der Waals surface area contributed by atoms with Crippen molar-refractivity contribution in [1.82, 2.24) is 5.32 Å². The summed E-state index contributed by atoms with van der Waals surface area (Å²) in [4.78, 5) is 2.65. The van der Waals surface area contributed by atoms with Crippen LogP contribution in [0.5, 0.6) is 0 Å². The van der Waals surface area contributed by atoms with Crippen LogP contribution in [0.25, 0.3) is 0 Å². The molecule has 0 amide bonds. The standard InChI is InChI=1S/C19H32N2/c1-14(2)10-11-21(18-7-8-18)19-9-6-17(12-16(19)5)13-20-15(3)4/h6,9,12,14-15,18,20H,7-8,10-11,13H2,1-5H3. The predicted octanol–water partition coefficient (Wildman–Crippen LogP) is 4.51. The summed E-state index contributed by atoms with van der Waals surface area (Å²) in [6.07, 6.45) is 4.02. The number of aryl methyl sites for hydroxylation is 1. The van der Waals surface area contributed by atoms with Crippen LogP contribution in [0.15, 0.2) is 18.2 Å². The van der Waals surface area contributed by atoms with Crippen LogP contribution in [-0.2, 0) is 6.54 Å². The zero-order valence-electron chi connectivity index (χ0n) is 14.4. The lowest BCUT2D eigenvalue weighted by molar-refractivity contribution is 0.570. The molecule has 1 aromatic rings. The Hall–Kier alpha value is -1.02. The molecule has 1 aromatic carbocycles. The minimum Gasteiger partial charge on any atom is -0.368 e. The number of rotatable bonds is 8. The summed E-state index contributed by atoms with van der Waals surface area (Å²) >= 11 is 0. The summed E-state index contributed by atoms with van der Waals surface area (Å²) in [5.74, 6) is 0.779. The molecule has 0 heterocycles. The fourth-order valence-electron chi connectivity index (χ4n) is 2.75. The van der Waals surface area contributed by atoms with Crippen LogP contribution < -0.4 is 10.2 Å².